The molecule has 2 aromatic carbocycles. The first kappa shape index (κ1) is 31.9. The molecule has 2 aromatic rings. The van der Waals surface area contributed by atoms with Crippen LogP contribution in [0.15, 0.2) is 65.7 Å². The minimum atomic E-state index is -1.81. The summed E-state index contributed by atoms with van der Waals surface area (Å²) in [5.41, 5.74) is -1.62. The summed E-state index contributed by atoms with van der Waals surface area (Å²) in [6.45, 7) is 5.58. The Bertz CT molecular complexity index is 1450. The molecule has 0 unspecified atom stereocenters. The van der Waals surface area contributed by atoms with Crippen LogP contribution < -0.4 is 10.6 Å². The molecule has 13 nitrogen and oxygen atoms in total. The van der Waals surface area contributed by atoms with Crippen LogP contribution in [0.3, 0.4) is 0 Å². The standard InChI is InChI=1S/C32H37N3O10/c1-18(36)41-25-26(42-19(2)37)32(23-24(31(25,4)45-20(3)38)43-28(39)27(32)44-29(23)40-5)35-30(33-16-21-12-8-6-9-13-21)34-17-22-14-10-7-11-15-22/h6-15,23-27,29H,16-17H2,1-5H3,(H2,33,34,35)/t23-,24+,25-,26+,27+,29+,31-,32+/m0/s1. The summed E-state index contributed by atoms with van der Waals surface area (Å²) in [6, 6.07) is 19.1. The molecule has 2 heterocycles. The van der Waals surface area contributed by atoms with Gasteiger partial charge in [0.1, 0.15) is 5.54 Å². The van der Waals surface area contributed by atoms with Crippen LogP contribution in [0.4, 0.5) is 0 Å². The van der Waals surface area contributed by atoms with E-state index in [1.165, 1.54) is 34.8 Å². The molecule has 8 atom stereocenters. The van der Waals surface area contributed by atoms with Crippen molar-refractivity contribution in [1.29, 1.82) is 0 Å². The Morgan fingerprint density at radius 1 is 0.889 bits per heavy atom. The number of carbonyl (C=O) groups is 4. The summed E-state index contributed by atoms with van der Waals surface area (Å²) in [7, 11) is 1.39. The van der Waals surface area contributed by atoms with E-state index in [1.807, 2.05) is 60.7 Å². The highest BCUT2D eigenvalue weighted by molar-refractivity contribution is 5.86. The van der Waals surface area contributed by atoms with Gasteiger partial charge in [-0.3, -0.25) is 14.4 Å². The Hall–Kier alpha value is -4.49. The predicted molar refractivity (Wildman–Crippen MR) is 157 cm³/mol. The number of nitrogens with zero attached hydrogens (tertiary/aromatic N) is 1. The summed E-state index contributed by atoms with van der Waals surface area (Å²) >= 11 is 0. The topological polar surface area (TPSA) is 160 Å². The molecule has 240 valence electrons. The minimum Gasteiger partial charge on any atom is -0.456 e. The molecule has 1 aliphatic carbocycles. The Morgan fingerprint density at radius 2 is 1.49 bits per heavy atom. The summed E-state index contributed by atoms with van der Waals surface area (Å²) in [5.74, 6) is -3.74. The van der Waals surface area contributed by atoms with E-state index in [-0.39, 0.29) is 12.5 Å². The second-order valence-electron chi connectivity index (χ2n) is 11.4. The molecular formula is C32H37N3O10. The van der Waals surface area contributed by atoms with Crippen molar-refractivity contribution >= 4 is 29.8 Å². The molecule has 2 aliphatic heterocycles. The van der Waals surface area contributed by atoms with Gasteiger partial charge in [0.25, 0.3) is 0 Å². The van der Waals surface area contributed by atoms with Gasteiger partial charge in [-0.2, -0.15) is 0 Å². The molecule has 13 heteroatoms. The molecule has 4 bridgehead atoms. The fraction of sp³-hybridized carbons (Fsp3) is 0.469. The average molecular weight is 624 g/mol. The van der Waals surface area contributed by atoms with Gasteiger partial charge in [0, 0.05) is 34.4 Å². The van der Waals surface area contributed by atoms with Gasteiger partial charge in [-0.1, -0.05) is 60.7 Å². The third-order valence-corrected chi connectivity index (χ3v) is 8.29. The lowest BCUT2D eigenvalue weighted by Gasteiger charge is -2.59. The van der Waals surface area contributed by atoms with E-state index >= 15 is 0 Å². The molecule has 3 fully saturated rings. The number of carbonyl (C=O) groups excluding carboxylic acids is 4. The van der Waals surface area contributed by atoms with Gasteiger partial charge in [0.2, 0.25) is 0 Å². The van der Waals surface area contributed by atoms with Gasteiger partial charge >= 0.3 is 23.9 Å². The summed E-state index contributed by atoms with van der Waals surface area (Å²) < 4.78 is 35.2. The maximum Gasteiger partial charge on any atom is 0.338 e. The van der Waals surface area contributed by atoms with Crippen molar-refractivity contribution in [2.75, 3.05) is 7.11 Å². The number of methoxy groups -OCH3 is 1. The van der Waals surface area contributed by atoms with E-state index < -0.39 is 71.6 Å². The monoisotopic (exact) mass is 623 g/mol. The molecule has 0 amide bonds. The first-order valence-electron chi connectivity index (χ1n) is 14.6. The Morgan fingerprint density at radius 3 is 2.07 bits per heavy atom. The zero-order valence-corrected chi connectivity index (χ0v) is 25.7. The SMILES string of the molecule is CO[C@@H]1O[C@@H]2C(=O)O[C@@H]3[C@@H]1[C@@]2(NC(=NCc1ccccc1)NCc1ccccc1)[C@H](OC(C)=O)[C@H](OC(C)=O)[C@@]3(C)OC(C)=O. The van der Waals surface area contributed by atoms with Crippen molar-refractivity contribution < 1.29 is 47.6 Å². The van der Waals surface area contributed by atoms with Gasteiger partial charge in [-0.05, 0) is 18.1 Å². The third-order valence-electron chi connectivity index (χ3n) is 8.29. The van der Waals surface area contributed by atoms with Crippen LogP contribution >= 0.6 is 0 Å². The molecule has 3 aliphatic rings. The quantitative estimate of drug-likeness (QED) is 0.181. The van der Waals surface area contributed by atoms with Crippen LogP contribution in [0, 0.1) is 5.92 Å². The van der Waals surface area contributed by atoms with Gasteiger partial charge < -0.3 is 39.1 Å². The molecule has 5 rings (SSSR count). The highest BCUT2D eigenvalue weighted by Crippen LogP contribution is 2.56. The van der Waals surface area contributed by atoms with E-state index in [0.29, 0.717) is 6.54 Å². The van der Waals surface area contributed by atoms with Crippen LogP contribution in [-0.4, -0.2) is 78.8 Å². The van der Waals surface area contributed by atoms with Gasteiger partial charge in [-0.15, -0.1) is 0 Å². The maximum atomic E-state index is 13.7. The van der Waals surface area contributed by atoms with E-state index in [4.69, 9.17) is 33.4 Å². The number of rotatable bonds is 9. The smallest absolute Gasteiger partial charge is 0.338 e. The predicted octanol–water partition coefficient (Wildman–Crippen LogP) is 1.77. The van der Waals surface area contributed by atoms with E-state index in [1.54, 1.807) is 0 Å². The number of nitrogens with one attached hydrogen (secondary N) is 2. The van der Waals surface area contributed by atoms with E-state index in [9.17, 15) is 19.2 Å². The molecule has 45 heavy (non-hydrogen) atoms. The number of guanidine groups is 1. The summed E-state index contributed by atoms with van der Waals surface area (Å²) in [5, 5.41) is 6.68. The number of hydrogen-bond donors (Lipinski definition) is 2. The number of benzene rings is 2. The number of hydrogen-bond acceptors (Lipinski definition) is 11. The second kappa shape index (κ2) is 12.9. The van der Waals surface area contributed by atoms with E-state index in [0.717, 1.165) is 11.1 Å². The summed E-state index contributed by atoms with van der Waals surface area (Å²) in [6.07, 6.45) is -6.63. The number of esters is 4. The van der Waals surface area contributed by atoms with Crippen molar-refractivity contribution in [1.82, 2.24) is 10.6 Å². The van der Waals surface area contributed by atoms with Crippen LogP contribution in [0.25, 0.3) is 0 Å². The van der Waals surface area contributed by atoms with Crippen molar-refractivity contribution in [3.63, 3.8) is 0 Å². The Labute approximate surface area is 260 Å². The van der Waals surface area contributed by atoms with Gasteiger partial charge in [0.05, 0.1) is 12.5 Å². The molecule has 0 spiro atoms. The lowest BCUT2D eigenvalue weighted by molar-refractivity contribution is -0.282. The summed E-state index contributed by atoms with van der Waals surface area (Å²) in [4.78, 5) is 56.2. The lowest BCUT2D eigenvalue weighted by Crippen LogP contribution is -2.85. The second-order valence-corrected chi connectivity index (χ2v) is 11.4. The van der Waals surface area contributed by atoms with Crippen molar-refractivity contribution in [2.24, 2.45) is 10.9 Å². The normalized spacial score (nSPS) is 31.8. The lowest BCUT2D eigenvalue weighted by atomic mass is 9.59. The number of aliphatic imine (C=N–C) groups is 1. The molecule has 2 N–H and O–H groups in total. The van der Waals surface area contributed by atoms with Gasteiger partial charge in [0.15, 0.2) is 42.3 Å². The van der Waals surface area contributed by atoms with Crippen molar-refractivity contribution in [3.05, 3.63) is 71.8 Å². The molecule has 1 saturated carbocycles. The van der Waals surface area contributed by atoms with E-state index in [2.05, 4.69) is 10.6 Å². The fourth-order valence-corrected chi connectivity index (χ4v) is 6.58. The minimum absolute atomic E-state index is 0.237. The molecule has 0 aromatic heterocycles. The van der Waals surface area contributed by atoms with Crippen LogP contribution in [0.2, 0.25) is 0 Å². The number of ether oxygens (including phenoxy) is 6. The van der Waals surface area contributed by atoms with Crippen molar-refractivity contribution in [3.8, 4) is 0 Å². The third kappa shape index (κ3) is 6.09. The first-order chi connectivity index (χ1) is 21.5. The maximum absolute atomic E-state index is 13.7. The highest BCUT2D eigenvalue weighted by atomic mass is 16.7. The largest absolute Gasteiger partial charge is 0.456 e. The zero-order valence-electron chi connectivity index (χ0n) is 25.7. The average Bonchev–Trinajstić information content (AvgIpc) is 3.23. The highest BCUT2D eigenvalue weighted by Gasteiger charge is 2.81. The van der Waals surface area contributed by atoms with Crippen LogP contribution in [-0.2, 0) is 60.7 Å². The fourth-order valence-electron chi connectivity index (χ4n) is 6.58. The van der Waals surface area contributed by atoms with Crippen LogP contribution in [0.1, 0.15) is 38.8 Å². The molecule has 2 saturated heterocycles. The Balaban J connectivity index is 1.67. The zero-order chi connectivity index (χ0) is 32.4. The van der Waals surface area contributed by atoms with Gasteiger partial charge in [-0.25, -0.2) is 9.79 Å². The molecular weight excluding hydrogens is 586 g/mol. The van der Waals surface area contributed by atoms with Crippen molar-refractivity contribution in [2.45, 2.75) is 82.6 Å². The first-order valence-corrected chi connectivity index (χ1v) is 14.6. The Kier molecular flexibility index (Phi) is 9.12. The van der Waals surface area contributed by atoms with Crippen LogP contribution in [0.5, 0.6) is 0 Å². The molecule has 0 radical (unpaired) electrons.